The van der Waals surface area contributed by atoms with Crippen LogP contribution in [0.2, 0.25) is 0 Å². The number of hydrogen-bond donors (Lipinski definition) is 1. The minimum Gasteiger partial charge on any atom is -0.496 e. The van der Waals surface area contributed by atoms with Crippen LogP contribution in [-0.2, 0) is 0 Å². The van der Waals surface area contributed by atoms with Crippen LogP contribution in [0.15, 0.2) is 18.2 Å². The molecule has 0 heterocycles. The lowest BCUT2D eigenvalue weighted by Gasteiger charge is -2.15. The third kappa shape index (κ3) is 3.49. The van der Waals surface area contributed by atoms with Gasteiger partial charge in [-0.15, -0.1) is 0 Å². The summed E-state index contributed by atoms with van der Waals surface area (Å²) in [6, 6.07) is 6.36. The molecule has 0 radical (unpaired) electrons. The van der Waals surface area contributed by atoms with Gasteiger partial charge < -0.3 is 10.1 Å². The highest BCUT2D eigenvalue weighted by atomic mass is 19.1. The molecule has 0 aliphatic rings. The minimum atomic E-state index is -0.263. The Labute approximate surface area is 96.8 Å². The summed E-state index contributed by atoms with van der Waals surface area (Å²) >= 11 is 0. The Bertz CT molecular complexity index is 328. The van der Waals surface area contributed by atoms with Crippen molar-refractivity contribution in [3.05, 3.63) is 29.3 Å². The number of halogens is 1. The molecule has 0 spiro atoms. The van der Waals surface area contributed by atoms with Crippen LogP contribution in [-0.4, -0.2) is 20.3 Å². The maximum atomic E-state index is 12.0. The Hall–Kier alpha value is -1.09. The standard InChI is InChI=1S/C13H20FNO/c1-10-9-12(5-6-13(10)16-3)11(2)15-8-4-7-14/h5-6,9,11,15H,4,7-8H2,1-3H3. The van der Waals surface area contributed by atoms with E-state index in [1.54, 1.807) is 7.11 Å². The highest BCUT2D eigenvalue weighted by Gasteiger charge is 2.06. The van der Waals surface area contributed by atoms with Gasteiger partial charge in [0.25, 0.3) is 0 Å². The Balaban J connectivity index is 2.62. The first-order valence-electron chi connectivity index (χ1n) is 5.63. The lowest BCUT2D eigenvalue weighted by Crippen LogP contribution is -2.20. The van der Waals surface area contributed by atoms with Crippen molar-refractivity contribution in [2.75, 3.05) is 20.3 Å². The molecule has 0 bridgehead atoms. The van der Waals surface area contributed by atoms with E-state index in [0.717, 1.165) is 11.3 Å². The van der Waals surface area contributed by atoms with E-state index >= 15 is 0 Å². The van der Waals surface area contributed by atoms with Crippen LogP contribution in [0.5, 0.6) is 5.75 Å². The van der Waals surface area contributed by atoms with Gasteiger partial charge in [0.15, 0.2) is 0 Å². The van der Waals surface area contributed by atoms with Crippen LogP contribution in [0.1, 0.15) is 30.5 Å². The number of aryl methyl sites for hydroxylation is 1. The van der Waals surface area contributed by atoms with Crippen molar-refractivity contribution in [3.8, 4) is 5.75 Å². The summed E-state index contributed by atoms with van der Waals surface area (Å²) in [5.41, 5.74) is 2.33. The van der Waals surface area contributed by atoms with Crippen molar-refractivity contribution in [3.63, 3.8) is 0 Å². The average Bonchev–Trinajstić information content (AvgIpc) is 2.29. The molecule has 0 aromatic heterocycles. The van der Waals surface area contributed by atoms with E-state index in [0.29, 0.717) is 13.0 Å². The Kier molecular flexibility index (Phi) is 5.26. The molecule has 3 heteroatoms. The molecular weight excluding hydrogens is 205 g/mol. The number of alkyl halides is 1. The maximum absolute atomic E-state index is 12.0. The summed E-state index contributed by atoms with van der Waals surface area (Å²) in [4.78, 5) is 0. The van der Waals surface area contributed by atoms with Crippen LogP contribution in [0.3, 0.4) is 0 Å². The van der Waals surface area contributed by atoms with Crippen molar-refractivity contribution in [2.45, 2.75) is 26.3 Å². The largest absolute Gasteiger partial charge is 0.496 e. The normalized spacial score (nSPS) is 12.5. The van der Waals surface area contributed by atoms with Gasteiger partial charge >= 0.3 is 0 Å². The molecule has 1 rings (SSSR count). The van der Waals surface area contributed by atoms with Gasteiger partial charge in [-0.05, 0) is 44.0 Å². The summed E-state index contributed by atoms with van der Waals surface area (Å²) in [5.74, 6) is 0.903. The molecule has 0 aliphatic carbocycles. The number of benzene rings is 1. The maximum Gasteiger partial charge on any atom is 0.121 e. The Morgan fingerprint density at radius 3 is 2.75 bits per heavy atom. The number of hydrogen-bond acceptors (Lipinski definition) is 2. The van der Waals surface area contributed by atoms with Gasteiger partial charge in [0.2, 0.25) is 0 Å². The first kappa shape index (κ1) is 13.0. The van der Waals surface area contributed by atoms with Gasteiger partial charge in [0.1, 0.15) is 5.75 Å². The zero-order valence-corrected chi connectivity index (χ0v) is 10.2. The zero-order chi connectivity index (χ0) is 12.0. The highest BCUT2D eigenvalue weighted by molar-refractivity contribution is 5.37. The lowest BCUT2D eigenvalue weighted by atomic mass is 10.0. The minimum absolute atomic E-state index is 0.246. The van der Waals surface area contributed by atoms with Crippen molar-refractivity contribution in [1.82, 2.24) is 5.32 Å². The highest BCUT2D eigenvalue weighted by Crippen LogP contribution is 2.22. The second-order valence-electron chi connectivity index (χ2n) is 3.95. The fraction of sp³-hybridized carbons (Fsp3) is 0.538. The molecule has 0 saturated heterocycles. The Morgan fingerprint density at radius 2 is 2.19 bits per heavy atom. The van der Waals surface area contributed by atoms with E-state index in [1.807, 2.05) is 19.1 Å². The molecular formula is C13H20FNO. The van der Waals surface area contributed by atoms with Gasteiger partial charge in [-0.3, -0.25) is 4.39 Å². The van der Waals surface area contributed by atoms with E-state index in [4.69, 9.17) is 4.74 Å². The predicted molar refractivity (Wildman–Crippen MR) is 64.7 cm³/mol. The summed E-state index contributed by atoms with van der Waals surface area (Å²) in [6.07, 6.45) is 0.569. The van der Waals surface area contributed by atoms with Crippen molar-refractivity contribution in [2.24, 2.45) is 0 Å². The second-order valence-corrected chi connectivity index (χ2v) is 3.95. The summed E-state index contributed by atoms with van der Waals surface area (Å²) in [6.45, 7) is 4.56. The quantitative estimate of drug-likeness (QED) is 0.751. The summed E-state index contributed by atoms with van der Waals surface area (Å²) in [5, 5.41) is 3.28. The molecule has 0 amide bonds. The molecule has 16 heavy (non-hydrogen) atoms. The van der Waals surface area contributed by atoms with E-state index < -0.39 is 0 Å². The molecule has 1 atom stereocenters. The number of ether oxygens (including phenoxy) is 1. The number of rotatable bonds is 6. The van der Waals surface area contributed by atoms with Gasteiger partial charge in [0.05, 0.1) is 13.8 Å². The monoisotopic (exact) mass is 225 g/mol. The van der Waals surface area contributed by atoms with Crippen LogP contribution in [0.4, 0.5) is 4.39 Å². The second kappa shape index (κ2) is 6.48. The third-order valence-corrected chi connectivity index (χ3v) is 2.68. The SMILES string of the molecule is COc1ccc(C(C)NCCCF)cc1C. The molecule has 0 fully saturated rings. The number of nitrogens with one attached hydrogen (secondary N) is 1. The Morgan fingerprint density at radius 1 is 1.44 bits per heavy atom. The van der Waals surface area contributed by atoms with Crippen LogP contribution < -0.4 is 10.1 Å². The van der Waals surface area contributed by atoms with Crippen molar-refractivity contribution < 1.29 is 9.13 Å². The fourth-order valence-electron chi connectivity index (χ4n) is 1.67. The van der Waals surface area contributed by atoms with Gasteiger partial charge in [0, 0.05) is 6.04 Å². The van der Waals surface area contributed by atoms with E-state index in [2.05, 4.69) is 18.3 Å². The molecule has 0 saturated carbocycles. The van der Waals surface area contributed by atoms with Crippen molar-refractivity contribution in [1.29, 1.82) is 0 Å². The smallest absolute Gasteiger partial charge is 0.121 e. The first-order chi connectivity index (χ1) is 7.69. The predicted octanol–water partition coefficient (Wildman–Crippen LogP) is 3.01. The average molecular weight is 225 g/mol. The van der Waals surface area contributed by atoms with Gasteiger partial charge in [-0.1, -0.05) is 12.1 Å². The van der Waals surface area contributed by atoms with E-state index in [1.165, 1.54) is 5.56 Å². The molecule has 90 valence electrons. The van der Waals surface area contributed by atoms with Crippen LogP contribution in [0.25, 0.3) is 0 Å². The number of methoxy groups -OCH3 is 1. The van der Waals surface area contributed by atoms with Gasteiger partial charge in [-0.25, -0.2) is 0 Å². The van der Waals surface area contributed by atoms with E-state index in [9.17, 15) is 4.39 Å². The molecule has 1 N–H and O–H groups in total. The van der Waals surface area contributed by atoms with E-state index in [-0.39, 0.29) is 12.7 Å². The summed E-state index contributed by atoms with van der Waals surface area (Å²) < 4.78 is 17.2. The molecule has 2 nitrogen and oxygen atoms in total. The van der Waals surface area contributed by atoms with Crippen LogP contribution >= 0.6 is 0 Å². The zero-order valence-electron chi connectivity index (χ0n) is 10.2. The molecule has 1 aromatic carbocycles. The topological polar surface area (TPSA) is 21.3 Å². The summed E-state index contributed by atoms with van der Waals surface area (Å²) in [7, 11) is 1.67. The fourth-order valence-corrected chi connectivity index (χ4v) is 1.67. The lowest BCUT2D eigenvalue weighted by molar-refractivity contribution is 0.411. The van der Waals surface area contributed by atoms with Gasteiger partial charge in [-0.2, -0.15) is 0 Å². The van der Waals surface area contributed by atoms with Crippen LogP contribution in [0, 0.1) is 6.92 Å². The molecule has 1 unspecified atom stereocenters. The van der Waals surface area contributed by atoms with Crippen molar-refractivity contribution >= 4 is 0 Å². The molecule has 0 aliphatic heterocycles. The first-order valence-corrected chi connectivity index (χ1v) is 5.63. The third-order valence-electron chi connectivity index (χ3n) is 2.68. The molecule has 1 aromatic rings.